The Hall–Kier alpha value is 0.520. The molecule has 48 valence electrons. The van der Waals surface area contributed by atoms with Crippen molar-refractivity contribution >= 4 is 18.7 Å². The molecule has 0 spiro atoms. The van der Waals surface area contributed by atoms with E-state index in [1.165, 1.54) is 0 Å². The molecule has 1 nitrogen and oxygen atoms in total. The number of hydrogen-bond donors (Lipinski definition) is 0. The monoisotopic (exact) mass is 152 g/mol. The fraction of sp³-hybridized carbons (Fsp3) is 1.00. The molecule has 0 N–H and O–H groups in total. The Morgan fingerprint density at radius 2 is 1.88 bits per heavy atom. The highest BCUT2D eigenvalue weighted by molar-refractivity contribution is 7.65. The first-order valence-corrected chi connectivity index (χ1v) is 5.70. The Morgan fingerprint density at radius 3 is 2.12 bits per heavy atom. The summed E-state index contributed by atoms with van der Waals surface area (Å²) in [6.07, 6.45) is 4.06. The Labute approximate surface area is 54.8 Å². The van der Waals surface area contributed by atoms with E-state index in [0.717, 1.165) is 25.2 Å². The molecule has 1 saturated heterocycles. The maximum Gasteiger partial charge on any atom is 0.102 e. The summed E-state index contributed by atoms with van der Waals surface area (Å²) < 4.78 is 11.2. The van der Waals surface area contributed by atoms with Gasteiger partial charge in [0.2, 0.25) is 0 Å². The fourth-order valence-corrected chi connectivity index (χ4v) is 3.81. The SMILES string of the molecule is O=P1(CCl)CCCC1. The summed E-state index contributed by atoms with van der Waals surface area (Å²) in [6, 6.07) is 0. The molecular weight excluding hydrogens is 142 g/mol. The van der Waals surface area contributed by atoms with Crippen LogP contribution in [0.15, 0.2) is 0 Å². The van der Waals surface area contributed by atoms with Crippen molar-refractivity contribution < 1.29 is 4.57 Å². The molecule has 1 aliphatic heterocycles. The zero-order chi connectivity index (χ0) is 6.04. The second-order valence-corrected chi connectivity index (χ2v) is 6.30. The highest BCUT2D eigenvalue weighted by Crippen LogP contribution is 2.52. The number of halogens is 1. The lowest BCUT2D eigenvalue weighted by molar-refractivity contribution is 0.581. The maximum absolute atomic E-state index is 11.2. The van der Waals surface area contributed by atoms with Gasteiger partial charge in [0.15, 0.2) is 0 Å². The molecule has 1 rings (SSSR count). The zero-order valence-electron chi connectivity index (χ0n) is 4.77. The Bertz CT molecular complexity index is 114. The van der Waals surface area contributed by atoms with Crippen LogP contribution < -0.4 is 0 Å². The van der Waals surface area contributed by atoms with Crippen molar-refractivity contribution in [3.05, 3.63) is 0 Å². The second-order valence-electron chi connectivity index (χ2n) is 2.33. The molecule has 0 atom stereocenters. The first-order valence-electron chi connectivity index (χ1n) is 2.90. The van der Waals surface area contributed by atoms with Crippen LogP contribution in [0.1, 0.15) is 12.8 Å². The molecule has 0 bridgehead atoms. The molecule has 1 heterocycles. The third-order valence-electron chi connectivity index (χ3n) is 1.60. The lowest BCUT2D eigenvalue weighted by Gasteiger charge is -2.02. The predicted molar refractivity (Wildman–Crippen MR) is 37.3 cm³/mol. The van der Waals surface area contributed by atoms with Crippen LogP contribution >= 0.6 is 18.7 Å². The summed E-state index contributed by atoms with van der Waals surface area (Å²) in [4.78, 5) is 0. The van der Waals surface area contributed by atoms with Gasteiger partial charge < -0.3 is 4.57 Å². The lowest BCUT2D eigenvalue weighted by Crippen LogP contribution is -1.82. The summed E-state index contributed by atoms with van der Waals surface area (Å²) in [5.41, 5.74) is 0.410. The van der Waals surface area contributed by atoms with Gasteiger partial charge in [-0.2, -0.15) is 0 Å². The van der Waals surface area contributed by atoms with Crippen LogP contribution in [-0.4, -0.2) is 17.9 Å². The van der Waals surface area contributed by atoms with Gasteiger partial charge in [-0.05, 0) is 12.8 Å². The van der Waals surface area contributed by atoms with Crippen molar-refractivity contribution in [1.29, 1.82) is 0 Å². The van der Waals surface area contributed by atoms with Gasteiger partial charge in [0.1, 0.15) is 7.14 Å². The molecule has 1 aliphatic rings. The van der Waals surface area contributed by atoms with Crippen LogP contribution in [0.2, 0.25) is 0 Å². The van der Waals surface area contributed by atoms with E-state index in [-0.39, 0.29) is 0 Å². The number of rotatable bonds is 1. The summed E-state index contributed by atoms with van der Waals surface area (Å²) in [5, 5.41) is 0. The van der Waals surface area contributed by atoms with E-state index in [1.54, 1.807) is 0 Å². The fourth-order valence-electron chi connectivity index (χ4n) is 1.03. The average molecular weight is 153 g/mol. The van der Waals surface area contributed by atoms with Crippen LogP contribution in [0.5, 0.6) is 0 Å². The molecule has 0 unspecified atom stereocenters. The van der Waals surface area contributed by atoms with Crippen molar-refractivity contribution in [1.82, 2.24) is 0 Å². The summed E-state index contributed by atoms with van der Waals surface area (Å²) in [6.45, 7) is 0. The van der Waals surface area contributed by atoms with Crippen molar-refractivity contribution in [2.24, 2.45) is 0 Å². The third kappa shape index (κ3) is 1.27. The highest BCUT2D eigenvalue weighted by Gasteiger charge is 2.24. The van der Waals surface area contributed by atoms with E-state index in [4.69, 9.17) is 11.6 Å². The van der Waals surface area contributed by atoms with Gasteiger partial charge in [0, 0.05) is 12.3 Å². The first kappa shape index (κ1) is 6.64. The number of alkyl halides is 1. The minimum atomic E-state index is -1.79. The highest BCUT2D eigenvalue weighted by atomic mass is 35.5. The standard InChI is InChI=1S/C5H10ClOP/c6-5-8(7)3-1-2-4-8/h1-5H2. The Kier molecular flexibility index (Phi) is 2.00. The van der Waals surface area contributed by atoms with E-state index >= 15 is 0 Å². The van der Waals surface area contributed by atoms with Crippen molar-refractivity contribution in [2.45, 2.75) is 12.8 Å². The molecule has 0 saturated carbocycles. The van der Waals surface area contributed by atoms with Gasteiger partial charge in [0.25, 0.3) is 0 Å². The molecule has 1 fully saturated rings. The topological polar surface area (TPSA) is 17.1 Å². The summed E-state index contributed by atoms with van der Waals surface area (Å²) in [7, 11) is -1.79. The van der Waals surface area contributed by atoms with E-state index in [1.807, 2.05) is 0 Å². The first-order chi connectivity index (χ1) is 3.77. The lowest BCUT2D eigenvalue weighted by atomic mass is 10.4. The molecule has 0 amide bonds. The van der Waals surface area contributed by atoms with E-state index in [2.05, 4.69) is 0 Å². The maximum atomic E-state index is 11.2. The van der Waals surface area contributed by atoms with Gasteiger partial charge in [-0.15, -0.1) is 11.6 Å². The van der Waals surface area contributed by atoms with Crippen molar-refractivity contribution in [2.75, 3.05) is 17.9 Å². The summed E-state index contributed by atoms with van der Waals surface area (Å²) in [5.74, 6) is 0. The molecule has 0 radical (unpaired) electrons. The Balaban J connectivity index is 2.53. The van der Waals surface area contributed by atoms with Gasteiger partial charge >= 0.3 is 0 Å². The quantitative estimate of drug-likeness (QED) is 0.416. The molecular formula is C5H10ClOP. The predicted octanol–water partition coefficient (Wildman–Crippen LogP) is 2.34. The van der Waals surface area contributed by atoms with E-state index < -0.39 is 7.14 Å². The van der Waals surface area contributed by atoms with Crippen molar-refractivity contribution in [3.63, 3.8) is 0 Å². The molecule has 0 aromatic rings. The van der Waals surface area contributed by atoms with Crippen LogP contribution in [0, 0.1) is 0 Å². The van der Waals surface area contributed by atoms with Gasteiger partial charge in [-0.1, -0.05) is 0 Å². The van der Waals surface area contributed by atoms with Crippen LogP contribution in [-0.2, 0) is 4.57 Å². The van der Waals surface area contributed by atoms with E-state index in [9.17, 15) is 4.57 Å². The minimum absolute atomic E-state index is 0.410. The van der Waals surface area contributed by atoms with E-state index in [0.29, 0.717) is 5.62 Å². The van der Waals surface area contributed by atoms with Crippen molar-refractivity contribution in [3.8, 4) is 0 Å². The molecule has 8 heavy (non-hydrogen) atoms. The van der Waals surface area contributed by atoms with Gasteiger partial charge in [-0.25, -0.2) is 0 Å². The third-order valence-corrected chi connectivity index (χ3v) is 5.60. The molecule has 0 aromatic carbocycles. The molecule has 0 aromatic heterocycles. The molecule has 3 heteroatoms. The van der Waals surface area contributed by atoms with Crippen LogP contribution in [0.4, 0.5) is 0 Å². The van der Waals surface area contributed by atoms with Gasteiger partial charge in [0.05, 0.1) is 5.62 Å². The largest absolute Gasteiger partial charge is 0.322 e. The number of hydrogen-bond acceptors (Lipinski definition) is 1. The van der Waals surface area contributed by atoms with Crippen LogP contribution in [0.25, 0.3) is 0 Å². The van der Waals surface area contributed by atoms with Crippen LogP contribution in [0.3, 0.4) is 0 Å². The second kappa shape index (κ2) is 2.41. The normalized spacial score (nSPS) is 26.1. The minimum Gasteiger partial charge on any atom is -0.322 e. The summed E-state index contributed by atoms with van der Waals surface area (Å²) >= 11 is 5.49. The average Bonchev–Trinajstić information content (AvgIpc) is 2.17. The zero-order valence-corrected chi connectivity index (χ0v) is 6.42. The smallest absolute Gasteiger partial charge is 0.102 e. The Morgan fingerprint density at radius 1 is 1.38 bits per heavy atom. The molecule has 0 aliphatic carbocycles. The van der Waals surface area contributed by atoms with Gasteiger partial charge in [-0.3, -0.25) is 0 Å².